The highest BCUT2D eigenvalue weighted by molar-refractivity contribution is 6.04. The molecular formula is C26H25N3O3. The summed E-state index contributed by atoms with van der Waals surface area (Å²) in [6, 6.07) is 24.9. The van der Waals surface area contributed by atoms with Crippen LogP contribution in [0.15, 0.2) is 89.5 Å². The number of nitrogens with one attached hydrogen (secondary N) is 3. The highest BCUT2D eigenvalue weighted by atomic mass is 16.3. The lowest BCUT2D eigenvalue weighted by Crippen LogP contribution is -2.31. The Morgan fingerprint density at radius 1 is 0.906 bits per heavy atom. The molecule has 4 aromatic rings. The summed E-state index contributed by atoms with van der Waals surface area (Å²) in [4.78, 5) is 25.1. The summed E-state index contributed by atoms with van der Waals surface area (Å²) in [5.41, 5.74) is 1.97. The van der Waals surface area contributed by atoms with Crippen LogP contribution in [0, 0.1) is 0 Å². The zero-order valence-electron chi connectivity index (χ0n) is 17.8. The van der Waals surface area contributed by atoms with Crippen LogP contribution in [-0.4, -0.2) is 18.4 Å². The van der Waals surface area contributed by atoms with Crippen molar-refractivity contribution < 1.29 is 14.0 Å². The Bertz CT molecular complexity index is 1220. The molecule has 0 aliphatic carbocycles. The fourth-order valence-corrected chi connectivity index (χ4v) is 3.50. The van der Waals surface area contributed by atoms with Crippen LogP contribution in [0.3, 0.4) is 0 Å². The van der Waals surface area contributed by atoms with Gasteiger partial charge in [0.2, 0.25) is 5.91 Å². The van der Waals surface area contributed by atoms with Crippen LogP contribution in [0.4, 0.5) is 5.69 Å². The molecule has 0 bridgehead atoms. The lowest BCUT2D eigenvalue weighted by Gasteiger charge is -2.16. The number of para-hydroxylation sites is 1. The summed E-state index contributed by atoms with van der Waals surface area (Å²) in [6.07, 6.45) is 1.56. The third-order valence-electron chi connectivity index (χ3n) is 5.29. The van der Waals surface area contributed by atoms with Crippen LogP contribution in [0.2, 0.25) is 0 Å². The van der Waals surface area contributed by atoms with Crippen molar-refractivity contribution in [3.63, 3.8) is 0 Å². The molecule has 0 radical (unpaired) electrons. The Morgan fingerprint density at radius 3 is 2.50 bits per heavy atom. The first-order valence-electron chi connectivity index (χ1n) is 10.5. The summed E-state index contributed by atoms with van der Waals surface area (Å²) in [7, 11) is 0. The van der Waals surface area contributed by atoms with Gasteiger partial charge in [0, 0.05) is 6.04 Å². The first-order valence-corrected chi connectivity index (χ1v) is 10.5. The molecular weight excluding hydrogens is 402 g/mol. The minimum atomic E-state index is -0.283. The van der Waals surface area contributed by atoms with E-state index in [1.54, 1.807) is 42.7 Å². The van der Waals surface area contributed by atoms with Crippen molar-refractivity contribution in [3.05, 3.63) is 102 Å². The lowest BCUT2D eigenvalue weighted by molar-refractivity contribution is -0.115. The molecule has 6 heteroatoms. The molecule has 1 aromatic heterocycles. The first kappa shape index (κ1) is 21.3. The van der Waals surface area contributed by atoms with Crippen molar-refractivity contribution in [1.82, 2.24) is 10.6 Å². The van der Waals surface area contributed by atoms with E-state index in [4.69, 9.17) is 4.42 Å². The Kier molecular flexibility index (Phi) is 6.63. The van der Waals surface area contributed by atoms with Crippen LogP contribution in [0.25, 0.3) is 10.8 Å². The van der Waals surface area contributed by atoms with Gasteiger partial charge in [-0.1, -0.05) is 48.5 Å². The van der Waals surface area contributed by atoms with Gasteiger partial charge in [0.05, 0.1) is 30.6 Å². The number of hydrogen-bond acceptors (Lipinski definition) is 4. The molecule has 0 saturated carbocycles. The number of anilines is 1. The molecule has 3 aromatic carbocycles. The SMILES string of the molecule is C[C@@H](NCC(=O)Nc1ccccc1C(=O)NCc1ccco1)c1ccc2ccccc2c1. The molecule has 162 valence electrons. The number of amides is 2. The molecule has 0 fully saturated rings. The number of carbonyl (C=O) groups is 2. The monoisotopic (exact) mass is 427 g/mol. The van der Waals surface area contributed by atoms with Gasteiger partial charge in [-0.2, -0.15) is 0 Å². The second kappa shape index (κ2) is 9.94. The van der Waals surface area contributed by atoms with E-state index in [0.29, 0.717) is 17.0 Å². The van der Waals surface area contributed by atoms with Crippen LogP contribution in [0.5, 0.6) is 0 Å². The van der Waals surface area contributed by atoms with Crippen LogP contribution in [-0.2, 0) is 11.3 Å². The standard InChI is InChI=1S/C26H25N3O3/c1-18(20-13-12-19-7-2-3-8-21(19)15-20)27-17-25(30)29-24-11-5-4-10-23(24)26(31)28-16-22-9-6-14-32-22/h2-15,18,27H,16-17H2,1H3,(H,28,31)(H,29,30)/t18-/m1/s1. The maximum Gasteiger partial charge on any atom is 0.253 e. The lowest BCUT2D eigenvalue weighted by atomic mass is 10.0. The Morgan fingerprint density at radius 2 is 1.69 bits per heavy atom. The maximum atomic E-state index is 12.6. The summed E-state index contributed by atoms with van der Waals surface area (Å²) in [5.74, 6) is 0.158. The van der Waals surface area contributed by atoms with Crippen LogP contribution in [0.1, 0.15) is 34.6 Å². The molecule has 0 unspecified atom stereocenters. The molecule has 3 N–H and O–H groups in total. The fourth-order valence-electron chi connectivity index (χ4n) is 3.50. The van der Waals surface area contributed by atoms with Gasteiger partial charge in [0.25, 0.3) is 5.91 Å². The largest absolute Gasteiger partial charge is 0.467 e. The summed E-state index contributed by atoms with van der Waals surface area (Å²) in [5, 5.41) is 11.2. The second-order valence-corrected chi connectivity index (χ2v) is 7.56. The van der Waals surface area contributed by atoms with Crippen molar-refractivity contribution in [1.29, 1.82) is 0 Å². The highest BCUT2D eigenvalue weighted by Crippen LogP contribution is 2.20. The van der Waals surface area contributed by atoms with E-state index in [9.17, 15) is 9.59 Å². The number of hydrogen-bond donors (Lipinski definition) is 3. The van der Waals surface area contributed by atoms with E-state index in [2.05, 4.69) is 46.3 Å². The molecule has 32 heavy (non-hydrogen) atoms. The van der Waals surface area contributed by atoms with Gasteiger partial charge >= 0.3 is 0 Å². The molecule has 2 amide bonds. The van der Waals surface area contributed by atoms with Crippen LogP contribution < -0.4 is 16.0 Å². The number of furan rings is 1. The molecule has 4 rings (SSSR count). The summed E-state index contributed by atoms with van der Waals surface area (Å²) in [6.45, 7) is 2.42. The number of carbonyl (C=O) groups excluding carboxylic acids is 2. The van der Waals surface area contributed by atoms with E-state index in [0.717, 1.165) is 10.9 Å². The number of fused-ring (bicyclic) bond motifs is 1. The quantitative estimate of drug-likeness (QED) is 0.382. The molecule has 1 heterocycles. The van der Waals surface area contributed by atoms with E-state index < -0.39 is 0 Å². The van der Waals surface area contributed by atoms with E-state index in [1.807, 2.05) is 19.1 Å². The van der Waals surface area contributed by atoms with Gasteiger partial charge in [0.15, 0.2) is 0 Å². The van der Waals surface area contributed by atoms with Crippen molar-refractivity contribution in [2.45, 2.75) is 19.5 Å². The van der Waals surface area contributed by atoms with Crippen molar-refractivity contribution in [3.8, 4) is 0 Å². The van der Waals surface area contributed by atoms with Crippen LogP contribution >= 0.6 is 0 Å². The predicted molar refractivity (Wildman–Crippen MR) is 125 cm³/mol. The van der Waals surface area contributed by atoms with Gasteiger partial charge in [-0.15, -0.1) is 0 Å². The zero-order chi connectivity index (χ0) is 22.3. The fraction of sp³-hybridized carbons (Fsp3) is 0.154. The van der Waals surface area contributed by atoms with Crippen molar-refractivity contribution in [2.24, 2.45) is 0 Å². The van der Waals surface area contributed by atoms with Gasteiger partial charge in [-0.05, 0) is 53.6 Å². The average Bonchev–Trinajstić information content (AvgIpc) is 3.35. The molecule has 0 saturated heterocycles. The number of rotatable bonds is 8. The van der Waals surface area contributed by atoms with Gasteiger partial charge in [-0.25, -0.2) is 0 Å². The van der Waals surface area contributed by atoms with E-state index in [1.165, 1.54) is 5.39 Å². The molecule has 6 nitrogen and oxygen atoms in total. The van der Waals surface area contributed by atoms with Crippen molar-refractivity contribution in [2.75, 3.05) is 11.9 Å². The molecule has 0 aliphatic rings. The van der Waals surface area contributed by atoms with E-state index in [-0.39, 0.29) is 30.9 Å². The zero-order valence-corrected chi connectivity index (χ0v) is 17.8. The molecule has 0 aliphatic heterocycles. The van der Waals surface area contributed by atoms with Gasteiger partial charge < -0.3 is 20.4 Å². The Balaban J connectivity index is 1.34. The maximum absolute atomic E-state index is 12.6. The van der Waals surface area contributed by atoms with Crippen molar-refractivity contribution >= 4 is 28.3 Å². The first-order chi connectivity index (χ1) is 15.6. The minimum absolute atomic E-state index is 0.00260. The van der Waals surface area contributed by atoms with E-state index >= 15 is 0 Å². The smallest absolute Gasteiger partial charge is 0.253 e. The third kappa shape index (κ3) is 5.22. The van der Waals surface area contributed by atoms with Gasteiger partial charge in [0.1, 0.15) is 5.76 Å². The average molecular weight is 428 g/mol. The highest BCUT2D eigenvalue weighted by Gasteiger charge is 2.14. The third-order valence-corrected chi connectivity index (χ3v) is 5.29. The predicted octanol–water partition coefficient (Wildman–Crippen LogP) is 4.65. The van der Waals surface area contributed by atoms with Gasteiger partial charge in [-0.3, -0.25) is 9.59 Å². The normalized spacial score (nSPS) is 11.8. The Hall–Kier alpha value is -3.90. The number of benzene rings is 3. The summed E-state index contributed by atoms with van der Waals surface area (Å²) < 4.78 is 5.24. The Labute approximate surface area is 186 Å². The molecule has 1 atom stereocenters. The summed E-state index contributed by atoms with van der Waals surface area (Å²) >= 11 is 0. The topological polar surface area (TPSA) is 83.4 Å². The second-order valence-electron chi connectivity index (χ2n) is 7.56. The molecule has 0 spiro atoms. The minimum Gasteiger partial charge on any atom is -0.467 e.